The molecule has 4 aromatic rings. The number of aryl methyl sites for hydroxylation is 3. The van der Waals surface area contributed by atoms with Gasteiger partial charge >= 0.3 is 0 Å². The van der Waals surface area contributed by atoms with E-state index in [0.717, 1.165) is 29.0 Å². The predicted molar refractivity (Wildman–Crippen MR) is 101 cm³/mol. The number of hydrogen-bond acceptors (Lipinski definition) is 2. The maximum atomic E-state index is 4.66. The van der Waals surface area contributed by atoms with Crippen LogP contribution in [0, 0.1) is 20.8 Å². The number of nitrogens with zero attached hydrogens (tertiary/aromatic N) is 2. The minimum Gasteiger partial charge on any atom is -0.258 e. The molecule has 0 unspecified atom stereocenters. The molecule has 118 valence electrons. The van der Waals surface area contributed by atoms with E-state index in [9.17, 15) is 0 Å². The zero-order chi connectivity index (χ0) is 16.7. The van der Waals surface area contributed by atoms with Crippen molar-refractivity contribution in [3.05, 3.63) is 82.8 Å². The van der Waals surface area contributed by atoms with Gasteiger partial charge in [-0.05, 0) is 61.9 Å². The van der Waals surface area contributed by atoms with Crippen molar-refractivity contribution < 1.29 is 0 Å². The summed E-state index contributed by atoms with van der Waals surface area (Å²) in [4.78, 5) is 9.26. The minimum atomic E-state index is 0.907. The predicted octanol–water partition coefficient (Wildman–Crippen LogP) is 5.30. The minimum absolute atomic E-state index is 0.907. The van der Waals surface area contributed by atoms with E-state index in [0.29, 0.717) is 0 Å². The lowest BCUT2D eigenvalue weighted by Crippen LogP contribution is -1.97. The number of benzene rings is 2. The summed E-state index contributed by atoms with van der Waals surface area (Å²) in [5.74, 6) is 0. The molecule has 2 nitrogen and oxygen atoms in total. The highest BCUT2D eigenvalue weighted by Gasteiger charge is 2.09. The van der Waals surface area contributed by atoms with Crippen molar-refractivity contribution in [2.45, 2.75) is 27.2 Å². The summed E-state index contributed by atoms with van der Waals surface area (Å²) in [6.45, 7) is 6.22. The molecule has 0 fully saturated rings. The van der Waals surface area contributed by atoms with Gasteiger partial charge in [-0.2, -0.15) is 0 Å². The molecule has 2 aromatic carbocycles. The molecular formula is C22H20N2. The number of pyridine rings is 2. The van der Waals surface area contributed by atoms with E-state index in [2.05, 4.69) is 85.3 Å². The van der Waals surface area contributed by atoms with E-state index < -0.39 is 0 Å². The number of rotatable bonds is 2. The normalized spacial score (nSPS) is 11.3. The van der Waals surface area contributed by atoms with Gasteiger partial charge in [0, 0.05) is 27.9 Å². The molecule has 0 bridgehead atoms. The highest BCUT2D eigenvalue weighted by Crippen LogP contribution is 2.27. The van der Waals surface area contributed by atoms with Gasteiger partial charge in [-0.1, -0.05) is 36.4 Å². The monoisotopic (exact) mass is 312 g/mol. The Bertz CT molecular complexity index is 1060. The smallest absolute Gasteiger partial charge is 0.0708 e. The fourth-order valence-corrected chi connectivity index (χ4v) is 3.57. The largest absolute Gasteiger partial charge is 0.258 e. The van der Waals surface area contributed by atoms with Crippen molar-refractivity contribution in [1.29, 1.82) is 0 Å². The highest BCUT2D eigenvalue weighted by atomic mass is 14.7. The van der Waals surface area contributed by atoms with Gasteiger partial charge in [0.25, 0.3) is 0 Å². The van der Waals surface area contributed by atoms with Crippen LogP contribution in [0.4, 0.5) is 0 Å². The summed E-state index contributed by atoms with van der Waals surface area (Å²) in [7, 11) is 0. The van der Waals surface area contributed by atoms with E-state index in [1.54, 1.807) is 0 Å². The Kier molecular flexibility index (Phi) is 3.53. The second kappa shape index (κ2) is 5.72. The second-order valence-corrected chi connectivity index (χ2v) is 6.48. The van der Waals surface area contributed by atoms with Crippen molar-refractivity contribution in [3.8, 4) is 0 Å². The van der Waals surface area contributed by atoms with Gasteiger partial charge in [0.05, 0.1) is 5.52 Å². The van der Waals surface area contributed by atoms with Crippen LogP contribution in [0.25, 0.3) is 21.7 Å². The SMILES string of the molecule is Cc1cc2c(Cc3cc(C)nc4ccccc34)cccc2c(C)n1. The van der Waals surface area contributed by atoms with Crippen molar-refractivity contribution in [2.75, 3.05) is 0 Å². The van der Waals surface area contributed by atoms with Gasteiger partial charge in [-0.25, -0.2) is 0 Å². The van der Waals surface area contributed by atoms with Gasteiger partial charge in [-0.15, -0.1) is 0 Å². The Morgan fingerprint density at radius 3 is 2.29 bits per heavy atom. The first-order chi connectivity index (χ1) is 11.6. The van der Waals surface area contributed by atoms with E-state index in [1.807, 2.05) is 0 Å². The summed E-state index contributed by atoms with van der Waals surface area (Å²) in [5.41, 5.74) is 6.99. The number of para-hydroxylation sites is 1. The van der Waals surface area contributed by atoms with Gasteiger partial charge in [0.2, 0.25) is 0 Å². The maximum Gasteiger partial charge on any atom is 0.0708 e. The van der Waals surface area contributed by atoms with Crippen molar-refractivity contribution in [3.63, 3.8) is 0 Å². The molecule has 0 saturated heterocycles. The quantitative estimate of drug-likeness (QED) is 0.502. The molecule has 0 N–H and O–H groups in total. The molecule has 0 atom stereocenters. The lowest BCUT2D eigenvalue weighted by atomic mass is 9.95. The molecule has 0 aliphatic rings. The highest BCUT2D eigenvalue weighted by molar-refractivity contribution is 5.89. The summed E-state index contributed by atoms with van der Waals surface area (Å²) < 4.78 is 0. The molecule has 0 amide bonds. The topological polar surface area (TPSA) is 25.8 Å². The Morgan fingerprint density at radius 1 is 0.667 bits per heavy atom. The lowest BCUT2D eigenvalue weighted by Gasteiger charge is -2.12. The van der Waals surface area contributed by atoms with Crippen LogP contribution < -0.4 is 0 Å². The van der Waals surface area contributed by atoms with E-state index in [4.69, 9.17) is 0 Å². The molecule has 2 heterocycles. The first kappa shape index (κ1) is 14.8. The fourth-order valence-electron chi connectivity index (χ4n) is 3.57. The van der Waals surface area contributed by atoms with Crippen LogP contribution in [0.2, 0.25) is 0 Å². The maximum absolute atomic E-state index is 4.66. The summed E-state index contributed by atoms with van der Waals surface area (Å²) in [6.07, 6.45) is 0.907. The fraction of sp³-hybridized carbons (Fsp3) is 0.182. The Hall–Kier alpha value is -2.74. The third-order valence-corrected chi connectivity index (χ3v) is 4.59. The Morgan fingerprint density at radius 2 is 1.42 bits per heavy atom. The molecule has 0 radical (unpaired) electrons. The number of hydrogen-bond donors (Lipinski definition) is 0. The summed E-state index contributed by atoms with van der Waals surface area (Å²) in [6, 6.07) is 19.3. The summed E-state index contributed by atoms with van der Waals surface area (Å²) >= 11 is 0. The zero-order valence-electron chi connectivity index (χ0n) is 14.3. The Labute approximate surface area is 142 Å². The van der Waals surface area contributed by atoms with Crippen LogP contribution in [0.5, 0.6) is 0 Å². The molecule has 2 aromatic heterocycles. The van der Waals surface area contributed by atoms with Crippen molar-refractivity contribution in [2.24, 2.45) is 0 Å². The second-order valence-electron chi connectivity index (χ2n) is 6.48. The van der Waals surface area contributed by atoms with E-state index in [1.165, 1.54) is 27.3 Å². The average molecular weight is 312 g/mol. The van der Waals surface area contributed by atoms with E-state index in [-0.39, 0.29) is 0 Å². The third kappa shape index (κ3) is 2.54. The molecule has 0 saturated carbocycles. The van der Waals surface area contributed by atoms with Crippen LogP contribution >= 0.6 is 0 Å². The molecule has 0 aliphatic heterocycles. The van der Waals surface area contributed by atoms with Crippen LogP contribution in [0.15, 0.2) is 54.6 Å². The van der Waals surface area contributed by atoms with Crippen molar-refractivity contribution >= 4 is 21.7 Å². The first-order valence-corrected chi connectivity index (χ1v) is 8.33. The third-order valence-electron chi connectivity index (χ3n) is 4.59. The van der Waals surface area contributed by atoms with Gasteiger partial charge < -0.3 is 0 Å². The van der Waals surface area contributed by atoms with Crippen LogP contribution in [-0.4, -0.2) is 9.97 Å². The van der Waals surface area contributed by atoms with Crippen LogP contribution in [-0.2, 0) is 6.42 Å². The lowest BCUT2D eigenvalue weighted by molar-refractivity contribution is 1.14. The average Bonchev–Trinajstić information content (AvgIpc) is 2.55. The van der Waals surface area contributed by atoms with Gasteiger partial charge in [-0.3, -0.25) is 9.97 Å². The summed E-state index contributed by atoms with van der Waals surface area (Å²) in [5, 5.41) is 3.79. The molecule has 0 spiro atoms. The van der Waals surface area contributed by atoms with Crippen LogP contribution in [0.1, 0.15) is 28.2 Å². The Balaban J connectivity index is 1.92. The van der Waals surface area contributed by atoms with Crippen LogP contribution in [0.3, 0.4) is 0 Å². The van der Waals surface area contributed by atoms with Gasteiger partial charge in [0.1, 0.15) is 0 Å². The van der Waals surface area contributed by atoms with Crippen molar-refractivity contribution in [1.82, 2.24) is 9.97 Å². The van der Waals surface area contributed by atoms with E-state index >= 15 is 0 Å². The number of aromatic nitrogens is 2. The number of fused-ring (bicyclic) bond motifs is 2. The molecule has 0 aliphatic carbocycles. The molecule has 24 heavy (non-hydrogen) atoms. The first-order valence-electron chi connectivity index (χ1n) is 8.33. The molecule has 4 rings (SSSR count). The zero-order valence-corrected chi connectivity index (χ0v) is 14.3. The van der Waals surface area contributed by atoms with Gasteiger partial charge in [0.15, 0.2) is 0 Å². The molecular weight excluding hydrogens is 292 g/mol. The molecule has 2 heteroatoms. The standard InChI is InChI=1S/C22H20N2/c1-14-11-18(20-8-4-5-10-22(20)24-14)13-17-7-6-9-19-16(3)23-15(2)12-21(17)19/h4-12H,13H2,1-3H3.